The maximum atomic E-state index is 13.4. The summed E-state index contributed by atoms with van der Waals surface area (Å²) >= 11 is 7.26. The molecular formula is C26H26ClF3N2O2S. The molecule has 3 aromatic rings. The molecule has 0 heterocycles. The maximum Gasteiger partial charge on any atom is 0.417 e. The molecule has 0 amide bonds. The van der Waals surface area contributed by atoms with E-state index in [0.29, 0.717) is 24.0 Å². The van der Waals surface area contributed by atoms with Crippen LogP contribution in [0.4, 0.5) is 18.9 Å². The fraction of sp³-hybridized carbons (Fsp3) is 0.269. The van der Waals surface area contributed by atoms with Crippen LogP contribution in [0.2, 0.25) is 5.02 Å². The van der Waals surface area contributed by atoms with E-state index in [0.717, 1.165) is 28.7 Å². The lowest BCUT2D eigenvalue weighted by atomic mass is 10.1. The lowest BCUT2D eigenvalue weighted by Crippen LogP contribution is -2.28. The average Bonchev–Trinajstić information content (AvgIpc) is 2.84. The molecule has 9 heteroatoms. The molecule has 3 rings (SSSR count). The van der Waals surface area contributed by atoms with E-state index >= 15 is 0 Å². The number of aliphatic imine (C=N–C) groups is 1. The second kappa shape index (κ2) is 12.2. The number of amidine groups is 1. The molecule has 0 fully saturated rings. The van der Waals surface area contributed by atoms with Gasteiger partial charge in [0.1, 0.15) is 11.5 Å². The van der Waals surface area contributed by atoms with Crippen LogP contribution in [0.5, 0.6) is 11.5 Å². The Hall–Kier alpha value is -2.84. The monoisotopic (exact) mass is 522 g/mol. The first-order valence-corrected chi connectivity index (χ1v) is 12.2. The fourth-order valence-corrected chi connectivity index (χ4v) is 4.29. The summed E-state index contributed by atoms with van der Waals surface area (Å²) in [4.78, 5) is 6.66. The molecule has 0 spiro atoms. The van der Waals surface area contributed by atoms with Crippen molar-refractivity contribution in [1.82, 2.24) is 4.90 Å². The van der Waals surface area contributed by atoms with Crippen molar-refractivity contribution in [3.63, 3.8) is 0 Å². The zero-order valence-corrected chi connectivity index (χ0v) is 21.2. The van der Waals surface area contributed by atoms with Gasteiger partial charge < -0.3 is 14.4 Å². The summed E-state index contributed by atoms with van der Waals surface area (Å²) in [6, 6.07) is 19.0. The van der Waals surface area contributed by atoms with Gasteiger partial charge in [-0.25, -0.2) is 4.99 Å². The van der Waals surface area contributed by atoms with Crippen LogP contribution in [-0.4, -0.2) is 30.0 Å². The Kier molecular flexibility index (Phi) is 9.34. The molecule has 3 aromatic carbocycles. The minimum Gasteiger partial charge on any atom is -0.497 e. The van der Waals surface area contributed by atoms with Crippen LogP contribution in [0.15, 0.2) is 71.7 Å². The van der Waals surface area contributed by atoms with Crippen molar-refractivity contribution >= 4 is 34.2 Å². The standard InChI is InChI=1S/C26H26ClF3N2O2S/c1-4-35-25(31-20-9-14-24(27)23(15-20)26(28,29)30)32(16-18-5-10-21(33-2)11-6-18)17-19-7-12-22(34-3)13-8-19/h5-15H,4,16-17H2,1-3H3. The number of methoxy groups -OCH3 is 2. The van der Waals surface area contributed by atoms with Gasteiger partial charge in [-0.1, -0.05) is 54.6 Å². The summed E-state index contributed by atoms with van der Waals surface area (Å²) in [5.41, 5.74) is 1.30. The van der Waals surface area contributed by atoms with Crippen molar-refractivity contribution in [2.24, 2.45) is 4.99 Å². The van der Waals surface area contributed by atoms with Crippen LogP contribution in [0.25, 0.3) is 0 Å². The van der Waals surface area contributed by atoms with E-state index in [2.05, 4.69) is 4.99 Å². The summed E-state index contributed by atoms with van der Waals surface area (Å²) in [5, 5.41) is 0.254. The molecule has 0 radical (unpaired) electrons. The predicted octanol–water partition coefficient (Wildman–Crippen LogP) is 7.82. The Morgan fingerprint density at radius 1 is 0.886 bits per heavy atom. The Balaban J connectivity index is 2.00. The van der Waals surface area contributed by atoms with Gasteiger partial charge in [0.15, 0.2) is 5.17 Å². The molecule has 0 aromatic heterocycles. The van der Waals surface area contributed by atoms with Crippen molar-refractivity contribution in [3.8, 4) is 11.5 Å². The number of nitrogens with zero attached hydrogens (tertiary/aromatic N) is 2. The summed E-state index contributed by atoms with van der Waals surface area (Å²) in [6.45, 7) is 2.98. The van der Waals surface area contributed by atoms with Gasteiger partial charge in [0.05, 0.1) is 30.5 Å². The van der Waals surface area contributed by atoms with Crippen molar-refractivity contribution in [3.05, 3.63) is 88.4 Å². The van der Waals surface area contributed by atoms with Crippen LogP contribution in [0.3, 0.4) is 0 Å². The molecule has 35 heavy (non-hydrogen) atoms. The Labute approximate surface area is 212 Å². The second-order valence-electron chi connectivity index (χ2n) is 7.54. The first-order valence-electron chi connectivity index (χ1n) is 10.8. The SMILES string of the molecule is CCSC(=Nc1ccc(Cl)c(C(F)(F)F)c1)N(Cc1ccc(OC)cc1)Cc1ccc(OC)cc1. The third kappa shape index (κ3) is 7.57. The second-order valence-corrected chi connectivity index (χ2v) is 9.18. The number of ether oxygens (including phenoxy) is 2. The van der Waals surface area contributed by atoms with Gasteiger partial charge in [-0.05, 0) is 59.3 Å². The van der Waals surface area contributed by atoms with Crippen LogP contribution < -0.4 is 9.47 Å². The highest BCUT2D eigenvalue weighted by Crippen LogP contribution is 2.37. The normalized spacial score (nSPS) is 11.9. The number of halogens is 4. The molecular weight excluding hydrogens is 497 g/mol. The van der Waals surface area contributed by atoms with Crippen molar-refractivity contribution in [2.75, 3.05) is 20.0 Å². The molecule has 0 N–H and O–H groups in total. The van der Waals surface area contributed by atoms with Gasteiger partial charge in [0.2, 0.25) is 0 Å². The van der Waals surface area contributed by atoms with Crippen LogP contribution in [-0.2, 0) is 19.3 Å². The van der Waals surface area contributed by atoms with E-state index < -0.39 is 11.7 Å². The van der Waals surface area contributed by atoms with Gasteiger partial charge in [-0.15, -0.1) is 0 Å². The van der Waals surface area contributed by atoms with E-state index in [9.17, 15) is 13.2 Å². The Bertz CT molecular complexity index is 1090. The van der Waals surface area contributed by atoms with E-state index in [1.54, 1.807) is 14.2 Å². The van der Waals surface area contributed by atoms with Crippen LogP contribution in [0, 0.1) is 0 Å². The zero-order chi connectivity index (χ0) is 25.4. The third-order valence-corrected chi connectivity index (χ3v) is 6.31. The van der Waals surface area contributed by atoms with Crippen molar-refractivity contribution < 1.29 is 22.6 Å². The van der Waals surface area contributed by atoms with Crippen LogP contribution >= 0.6 is 23.4 Å². The molecule has 0 saturated carbocycles. The number of benzene rings is 3. The van der Waals surface area contributed by atoms with E-state index in [1.807, 2.05) is 60.4 Å². The molecule has 0 bridgehead atoms. The van der Waals surface area contributed by atoms with Gasteiger partial charge >= 0.3 is 6.18 Å². The summed E-state index contributed by atoms with van der Waals surface area (Å²) < 4.78 is 50.7. The maximum absolute atomic E-state index is 13.4. The lowest BCUT2D eigenvalue weighted by molar-refractivity contribution is -0.137. The molecule has 0 aliphatic heterocycles. The Morgan fingerprint density at radius 3 is 1.83 bits per heavy atom. The number of rotatable bonds is 8. The van der Waals surface area contributed by atoms with Gasteiger partial charge in [0.25, 0.3) is 0 Å². The van der Waals surface area contributed by atoms with Gasteiger partial charge in [-0.3, -0.25) is 0 Å². The van der Waals surface area contributed by atoms with E-state index in [4.69, 9.17) is 21.1 Å². The highest BCUT2D eigenvalue weighted by atomic mass is 35.5. The van der Waals surface area contributed by atoms with E-state index in [-0.39, 0.29) is 10.7 Å². The van der Waals surface area contributed by atoms with Gasteiger partial charge in [0, 0.05) is 13.1 Å². The van der Waals surface area contributed by atoms with Gasteiger partial charge in [-0.2, -0.15) is 13.2 Å². The number of hydrogen-bond acceptors (Lipinski definition) is 4. The predicted molar refractivity (Wildman–Crippen MR) is 137 cm³/mol. The molecule has 0 aliphatic carbocycles. The number of alkyl halides is 3. The molecule has 0 unspecified atom stereocenters. The molecule has 0 aliphatic rings. The summed E-state index contributed by atoms with van der Waals surface area (Å²) in [6.07, 6.45) is -4.56. The van der Waals surface area contributed by atoms with E-state index in [1.165, 1.54) is 23.9 Å². The smallest absolute Gasteiger partial charge is 0.417 e. The number of thioether (sulfide) groups is 1. The first kappa shape index (κ1) is 26.8. The third-order valence-electron chi connectivity index (χ3n) is 5.09. The molecule has 4 nitrogen and oxygen atoms in total. The largest absolute Gasteiger partial charge is 0.497 e. The Morgan fingerprint density at radius 2 is 1.40 bits per heavy atom. The fourth-order valence-electron chi connectivity index (χ4n) is 3.33. The minimum absolute atomic E-state index is 0.187. The molecule has 186 valence electrons. The number of hydrogen-bond donors (Lipinski definition) is 0. The quantitative estimate of drug-likeness (QED) is 0.223. The minimum atomic E-state index is -4.56. The molecule has 0 saturated heterocycles. The summed E-state index contributed by atoms with van der Waals surface area (Å²) in [5.74, 6) is 2.18. The zero-order valence-electron chi connectivity index (χ0n) is 19.6. The molecule has 0 atom stereocenters. The van der Waals surface area contributed by atoms with Crippen molar-refractivity contribution in [2.45, 2.75) is 26.2 Å². The first-order chi connectivity index (χ1) is 16.7. The summed E-state index contributed by atoms with van der Waals surface area (Å²) in [7, 11) is 3.21. The highest BCUT2D eigenvalue weighted by Gasteiger charge is 2.33. The van der Waals surface area contributed by atoms with Crippen molar-refractivity contribution in [1.29, 1.82) is 0 Å². The topological polar surface area (TPSA) is 34.1 Å². The lowest BCUT2D eigenvalue weighted by Gasteiger charge is -2.26. The van der Waals surface area contributed by atoms with Crippen LogP contribution in [0.1, 0.15) is 23.6 Å². The average molecular weight is 523 g/mol. The highest BCUT2D eigenvalue weighted by molar-refractivity contribution is 8.13.